The SMILES string of the molecule is CCCS(=O)(=O)N1C[C@H]2C[C@H](C1)c1ccc(NC(=O)c3ccc(OC)cc3)c(=O)n1C2. The van der Waals surface area contributed by atoms with Crippen molar-refractivity contribution in [2.24, 2.45) is 5.92 Å². The molecule has 1 fully saturated rings. The van der Waals surface area contributed by atoms with Crippen LogP contribution in [0.2, 0.25) is 0 Å². The van der Waals surface area contributed by atoms with Crippen LogP contribution >= 0.6 is 0 Å². The molecule has 1 aromatic heterocycles. The van der Waals surface area contributed by atoms with Crippen molar-refractivity contribution in [1.82, 2.24) is 8.87 Å². The lowest BCUT2D eigenvalue weighted by Crippen LogP contribution is -2.49. The van der Waals surface area contributed by atoms with E-state index >= 15 is 0 Å². The number of aromatic nitrogens is 1. The van der Waals surface area contributed by atoms with Crippen LogP contribution in [0.25, 0.3) is 0 Å². The van der Waals surface area contributed by atoms with E-state index in [0.717, 1.165) is 12.1 Å². The molecule has 0 radical (unpaired) electrons. The minimum absolute atomic E-state index is 0.0156. The number of nitrogens with one attached hydrogen (secondary N) is 1. The highest BCUT2D eigenvalue weighted by molar-refractivity contribution is 7.89. The van der Waals surface area contributed by atoms with Gasteiger partial charge in [-0.1, -0.05) is 6.92 Å². The number of anilines is 1. The summed E-state index contributed by atoms with van der Waals surface area (Å²) in [6.07, 6.45) is 1.45. The summed E-state index contributed by atoms with van der Waals surface area (Å²) >= 11 is 0. The van der Waals surface area contributed by atoms with E-state index in [1.165, 1.54) is 0 Å². The van der Waals surface area contributed by atoms with Crippen LogP contribution in [0.5, 0.6) is 5.75 Å². The van der Waals surface area contributed by atoms with Crippen LogP contribution in [-0.4, -0.2) is 49.1 Å². The number of fused-ring (bicyclic) bond motifs is 4. The minimum Gasteiger partial charge on any atom is -0.497 e. The number of pyridine rings is 1. The number of methoxy groups -OCH3 is 1. The zero-order valence-electron chi connectivity index (χ0n) is 17.7. The molecule has 3 heterocycles. The summed E-state index contributed by atoms with van der Waals surface area (Å²) in [6, 6.07) is 10.1. The summed E-state index contributed by atoms with van der Waals surface area (Å²) < 4.78 is 33.5. The fraction of sp³-hybridized carbons (Fsp3) is 0.455. The lowest BCUT2D eigenvalue weighted by molar-refractivity contribution is 0.102. The first kappa shape index (κ1) is 21.6. The molecule has 0 aliphatic carbocycles. The number of amides is 1. The van der Waals surface area contributed by atoms with Crippen molar-refractivity contribution in [1.29, 1.82) is 0 Å². The van der Waals surface area contributed by atoms with Crippen molar-refractivity contribution < 1.29 is 17.9 Å². The molecule has 2 aliphatic rings. The summed E-state index contributed by atoms with van der Waals surface area (Å²) in [4.78, 5) is 25.7. The van der Waals surface area contributed by atoms with Crippen LogP contribution in [0.4, 0.5) is 5.69 Å². The van der Waals surface area contributed by atoms with Crippen LogP contribution < -0.4 is 15.6 Å². The summed E-state index contributed by atoms with van der Waals surface area (Å²) in [5, 5.41) is 2.71. The molecule has 4 rings (SSSR count). The smallest absolute Gasteiger partial charge is 0.274 e. The molecular weight excluding hydrogens is 418 g/mol. The maximum Gasteiger partial charge on any atom is 0.274 e. The van der Waals surface area contributed by atoms with Crippen molar-refractivity contribution in [2.45, 2.75) is 32.2 Å². The van der Waals surface area contributed by atoms with Crippen LogP contribution in [0.1, 0.15) is 41.7 Å². The Labute approximate surface area is 181 Å². The number of rotatable bonds is 6. The number of ether oxygens (including phenoxy) is 1. The molecule has 2 aromatic rings. The molecule has 1 amide bonds. The number of nitrogens with zero attached hydrogens (tertiary/aromatic N) is 2. The summed E-state index contributed by atoms with van der Waals surface area (Å²) in [5.74, 6) is 0.497. The van der Waals surface area contributed by atoms with E-state index in [-0.39, 0.29) is 34.7 Å². The average molecular weight is 446 g/mol. The Balaban J connectivity index is 1.56. The van der Waals surface area contributed by atoms with E-state index in [0.29, 0.717) is 37.4 Å². The fourth-order valence-electron chi connectivity index (χ4n) is 4.55. The van der Waals surface area contributed by atoms with Crippen molar-refractivity contribution in [3.63, 3.8) is 0 Å². The summed E-state index contributed by atoms with van der Waals surface area (Å²) in [5.41, 5.74) is 1.23. The maximum absolute atomic E-state index is 13.1. The van der Waals surface area contributed by atoms with Gasteiger partial charge in [0.2, 0.25) is 10.0 Å². The zero-order chi connectivity index (χ0) is 22.2. The number of hydrogen-bond donors (Lipinski definition) is 1. The lowest BCUT2D eigenvalue weighted by atomic mass is 9.84. The Kier molecular flexibility index (Phi) is 5.90. The predicted molar refractivity (Wildman–Crippen MR) is 118 cm³/mol. The molecule has 9 heteroatoms. The van der Waals surface area contributed by atoms with Crippen molar-refractivity contribution >= 4 is 21.6 Å². The molecule has 2 aliphatic heterocycles. The van der Waals surface area contributed by atoms with E-state index in [1.54, 1.807) is 46.3 Å². The van der Waals surface area contributed by atoms with Gasteiger partial charge < -0.3 is 14.6 Å². The molecule has 2 atom stereocenters. The van der Waals surface area contributed by atoms with Gasteiger partial charge in [0.15, 0.2) is 0 Å². The van der Waals surface area contributed by atoms with Crippen molar-refractivity contribution in [3.05, 3.63) is 58.0 Å². The second kappa shape index (κ2) is 8.47. The normalized spacial score (nSPS) is 20.7. The Morgan fingerprint density at radius 3 is 2.55 bits per heavy atom. The number of carbonyl (C=O) groups excluding carboxylic acids is 1. The number of benzene rings is 1. The van der Waals surface area contributed by atoms with Gasteiger partial charge in [0.05, 0.1) is 12.9 Å². The number of piperidine rings is 1. The van der Waals surface area contributed by atoms with E-state index in [2.05, 4.69) is 5.32 Å². The highest BCUT2D eigenvalue weighted by atomic mass is 32.2. The van der Waals surface area contributed by atoms with Crippen molar-refractivity contribution in [2.75, 3.05) is 31.3 Å². The average Bonchev–Trinajstić information content (AvgIpc) is 2.76. The molecular formula is C22H27N3O5S. The monoisotopic (exact) mass is 445 g/mol. The standard InChI is InChI=1S/C22H27N3O5S/c1-3-10-31(28,29)24-12-15-11-17(14-24)20-9-8-19(22(27)25(20)13-15)23-21(26)16-4-6-18(30-2)7-5-16/h4-9,15,17H,3,10-14H2,1-2H3,(H,23,26)/t15-,17-/m1/s1. The topological polar surface area (TPSA) is 97.7 Å². The predicted octanol–water partition coefficient (Wildman–Crippen LogP) is 2.27. The quantitative estimate of drug-likeness (QED) is 0.736. The van der Waals surface area contributed by atoms with Gasteiger partial charge in [0.25, 0.3) is 11.5 Å². The van der Waals surface area contributed by atoms with Gasteiger partial charge >= 0.3 is 0 Å². The van der Waals surface area contributed by atoms with Crippen LogP contribution in [0.3, 0.4) is 0 Å². The second-order valence-electron chi connectivity index (χ2n) is 8.20. The third-order valence-electron chi connectivity index (χ3n) is 6.03. The molecule has 0 unspecified atom stereocenters. The Morgan fingerprint density at radius 1 is 1.13 bits per heavy atom. The molecule has 1 saturated heterocycles. The molecule has 0 saturated carbocycles. The van der Waals surface area contributed by atoms with Gasteiger partial charge in [-0.3, -0.25) is 9.59 Å². The molecule has 8 nitrogen and oxygen atoms in total. The Bertz CT molecular complexity index is 1140. The van der Waals surface area contributed by atoms with Crippen LogP contribution in [0.15, 0.2) is 41.2 Å². The lowest BCUT2D eigenvalue weighted by Gasteiger charge is -2.42. The first-order chi connectivity index (χ1) is 14.8. The number of sulfonamides is 1. The molecule has 2 bridgehead atoms. The molecule has 0 spiro atoms. The maximum atomic E-state index is 13.1. The Hall–Kier alpha value is -2.65. The first-order valence-corrected chi connectivity index (χ1v) is 12.1. The summed E-state index contributed by atoms with van der Waals surface area (Å²) in [7, 11) is -1.72. The van der Waals surface area contributed by atoms with Crippen LogP contribution in [0, 0.1) is 5.92 Å². The number of carbonyl (C=O) groups is 1. The van der Waals surface area contributed by atoms with E-state index < -0.39 is 10.0 Å². The first-order valence-electron chi connectivity index (χ1n) is 10.5. The number of hydrogen-bond acceptors (Lipinski definition) is 5. The van der Waals surface area contributed by atoms with Gasteiger partial charge in [-0.25, -0.2) is 12.7 Å². The largest absolute Gasteiger partial charge is 0.497 e. The second-order valence-corrected chi connectivity index (χ2v) is 10.3. The van der Waals surface area contributed by atoms with Crippen LogP contribution in [-0.2, 0) is 16.6 Å². The third-order valence-corrected chi connectivity index (χ3v) is 8.04. The fourth-order valence-corrected chi connectivity index (χ4v) is 6.17. The van der Waals surface area contributed by atoms with Crippen molar-refractivity contribution in [3.8, 4) is 5.75 Å². The minimum atomic E-state index is -3.27. The van der Waals surface area contributed by atoms with E-state index in [4.69, 9.17) is 4.74 Å². The van der Waals surface area contributed by atoms with Gasteiger partial charge in [0.1, 0.15) is 11.4 Å². The highest BCUT2D eigenvalue weighted by Crippen LogP contribution is 2.36. The third kappa shape index (κ3) is 4.24. The molecule has 1 aromatic carbocycles. The molecule has 31 heavy (non-hydrogen) atoms. The van der Waals surface area contributed by atoms with Gasteiger partial charge in [-0.2, -0.15) is 0 Å². The molecule has 166 valence electrons. The Morgan fingerprint density at radius 2 is 1.87 bits per heavy atom. The van der Waals surface area contributed by atoms with E-state index in [1.807, 2.05) is 13.0 Å². The molecule has 1 N–H and O–H groups in total. The highest BCUT2D eigenvalue weighted by Gasteiger charge is 2.38. The van der Waals surface area contributed by atoms with Gasteiger partial charge in [-0.15, -0.1) is 0 Å². The zero-order valence-corrected chi connectivity index (χ0v) is 18.5. The summed E-state index contributed by atoms with van der Waals surface area (Å²) in [6.45, 7) is 3.15. The van der Waals surface area contributed by atoms with Gasteiger partial charge in [0, 0.05) is 36.8 Å². The van der Waals surface area contributed by atoms with E-state index in [9.17, 15) is 18.0 Å². The van der Waals surface area contributed by atoms with Gasteiger partial charge in [-0.05, 0) is 55.2 Å².